The molecule has 1 amide bonds. The molecule has 108 valence electrons. The van der Waals surface area contributed by atoms with Gasteiger partial charge in [0, 0.05) is 11.6 Å². The van der Waals surface area contributed by atoms with Gasteiger partial charge in [0.25, 0.3) is 5.91 Å². The minimum absolute atomic E-state index is 0.0521. The quantitative estimate of drug-likeness (QED) is 0.593. The molecule has 1 rings (SSSR count). The standard InChI is InChI=1S/C16H21NO3/c1-4-5-6-7-12(3)17-15(18)13-8-11(2)9-14(10-13)16(19)20/h4,8-10,12H,1,5-7H2,2-3H3,(H,17,18)(H,19,20). The van der Waals surface area contributed by atoms with E-state index in [1.165, 1.54) is 6.07 Å². The molecule has 0 aliphatic heterocycles. The molecule has 0 bridgehead atoms. The SMILES string of the molecule is C=CCCCC(C)NC(=O)c1cc(C)cc(C(=O)O)c1. The van der Waals surface area contributed by atoms with Crippen LogP contribution in [0.1, 0.15) is 52.5 Å². The lowest BCUT2D eigenvalue weighted by molar-refractivity contribution is 0.0696. The van der Waals surface area contributed by atoms with Gasteiger partial charge in [0.05, 0.1) is 5.56 Å². The first-order valence-corrected chi connectivity index (χ1v) is 6.70. The summed E-state index contributed by atoms with van der Waals surface area (Å²) >= 11 is 0. The molecule has 1 unspecified atom stereocenters. The van der Waals surface area contributed by atoms with Crippen molar-refractivity contribution in [2.24, 2.45) is 0 Å². The number of aryl methyl sites for hydroxylation is 1. The highest BCUT2D eigenvalue weighted by Crippen LogP contribution is 2.11. The number of carbonyl (C=O) groups is 2. The van der Waals surface area contributed by atoms with Crippen LogP contribution >= 0.6 is 0 Å². The Labute approximate surface area is 119 Å². The fourth-order valence-electron chi connectivity index (χ4n) is 1.99. The van der Waals surface area contributed by atoms with Crippen molar-refractivity contribution in [3.8, 4) is 0 Å². The van der Waals surface area contributed by atoms with E-state index in [1.54, 1.807) is 19.1 Å². The first-order valence-electron chi connectivity index (χ1n) is 6.70. The minimum Gasteiger partial charge on any atom is -0.478 e. The molecule has 20 heavy (non-hydrogen) atoms. The molecule has 1 atom stereocenters. The van der Waals surface area contributed by atoms with E-state index in [-0.39, 0.29) is 17.5 Å². The van der Waals surface area contributed by atoms with Gasteiger partial charge >= 0.3 is 5.97 Å². The summed E-state index contributed by atoms with van der Waals surface area (Å²) in [4.78, 5) is 23.1. The Balaban J connectivity index is 2.72. The van der Waals surface area contributed by atoms with E-state index >= 15 is 0 Å². The number of aromatic carboxylic acids is 1. The Bertz CT molecular complexity index is 508. The lowest BCUT2D eigenvalue weighted by Crippen LogP contribution is -2.32. The zero-order valence-electron chi connectivity index (χ0n) is 12.0. The molecule has 1 aromatic carbocycles. The number of carbonyl (C=O) groups excluding carboxylic acids is 1. The molecular weight excluding hydrogens is 254 g/mol. The summed E-state index contributed by atoms with van der Waals surface area (Å²) in [7, 11) is 0. The molecule has 2 N–H and O–H groups in total. The maximum Gasteiger partial charge on any atom is 0.335 e. The van der Waals surface area contributed by atoms with Crippen molar-refractivity contribution in [1.29, 1.82) is 0 Å². The van der Waals surface area contributed by atoms with Crippen LogP contribution in [0.5, 0.6) is 0 Å². The summed E-state index contributed by atoms with van der Waals surface area (Å²) in [5, 5.41) is 11.9. The second-order valence-corrected chi connectivity index (χ2v) is 4.99. The van der Waals surface area contributed by atoms with Crippen molar-refractivity contribution in [2.75, 3.05) is 0 Å². The Morgan fingerprint density at radius 1 is 1.35 bits per heavy atom. The minimum atomic E-state index is -1.03. The monoisotopic (exact) mass is 275 g/mol. The van der Waals surface area contributed by atoms with E-state index in [1.807, 2.05) is 13.0 Å². The van der Waals surface area contributed by atoms with Crippen LogP contribution in [-0.2, 0) is 0 Å². The highest BCUT2D eigenvalue weighted by atomic mass is 16.4. The number of amides is 1. The van der Waals surface area contributed by atoms with Gasteiger partial charge in [-0.25, -0.2) is 4.79 Å². The van der Waals surface area contributed by atoms with Crippen LogP contribution in [0.15, 0.2) is 30.9 Å². The average Bonchev–Trinajstić information content (AvgIpc) is 2.38. The van der Waals surface area contributed by atoms with Gasteiger partial charge in [0.2, 0.25) is 0 Å². The molecule has 0 aliphatic rings. The summed E-state index contributed by atoms with van der Waals surface area (Å²) in [5.41, 5.74) is 1.28. The number of carboxylic acids is 1. The normalized spacial score (nSPS) is 11.7. The van der Waals surface area contributed by atoms with E-state index in [2.05, 4.69) is 11.9 Å². The fraction of sp³-hybridized carbons (Fsp3) is 0.375. The third-order valence-electron chi connectivity index (χ3n) is 3.01. The predicted octanol–water partition coefficient (Wildman–Crippen LogP) is 3.17. The van der Waals surface area contributed by atoms with Crippen LogP contribution in [0.2, 0.25) is 0 Å². The second-order valence-electron chi connectivity index (χ2n) is 4.99. The summed E-state index contributed by atoms with van der Waals surface area (Å²) in [6.07, 6.45) is 4.62. The summed E-state index contributed by atoms with van der Waals surface area (Å²) in [6, 6.07) is 4.70. The number of unbranched alkanes of at least 4 members (excludes halogenated alkanes) is 1. The van der Waals surface area contributed by atoms with Gasteiger partial charge in [-0.2, -0.15) is 0 Å². The van der Waals surface area contributed by atoms with Crippen molar-refractivity contribution in [3.05, 3.63) is 47.5 Å². The maximum absolute atomic E-state index is 12.1. The largest absolute Gasteiger partial charge is 0.478 e. The van der Waals surface area contributed by atoms with E-state index in [4.69, 9.17) is 5.11 Å². The third-order valence-corrected chi connectivity index (χ3v) is 3.01. The van der Waals surface area contributed by atoms with Gasteiger partial charge in [-0.15, -0.1) is 6.58 Å². The van der Waals surface area contributed by atoms with E-state index in [9.17, 15) is 9.59 Å². The van der Waals surface area contributed by atoms with Crippen molar-refractivity contribution in [2.45, 2.75) is 39.2 Å². The molecule has 4 nitrogen and oxygen atoms in total. The number of nitrogens with one attached hydrogen (secondary N) is 1. The number of benzene rings is 1. The van der Waals surface area contributed by atoms with Crippen LogP contribution < -0.4 is 5.32 Å². The van der Waals surface area contributed by atoms with E-state index in [0.717, 1.165) is 24.8 Å². The molecule has 0 fully saturated rings. The average molecular weight is 275 g/mol. The maximum atomic E-state index is 12.1. The highest BCUT2D eigenvalue weighted by molar-refractivity contribution is 5.97. The van der Waals surface area contributed by atoms with E-state index in [0.29, 0.717) is 5.56 Å². The molecule has 0 saturated carbocycles. The molecule has 0 radical (unpaired) electrons. The van der Waals surface area contributed by atoms with Crippen LogP contribution in [0, 0.1) is 6.92 Å². The van der Waals surface area contributed by atoms with Crippen LogP contribution in [0.4, 0.5) is 0 Å². The van der Waals surface area contributed by atoms with Crippen molar-refractivity contribution in [1.82, 2.24) is 5.32 Å². The van der Waals surface area contributed by atoms with Crippen molar-refractivity contribution in [3.63, 3.8) is 0 Å². The smallest absolute Gasteiger partial charge is 0.335 e. The summed E-state index contributed by atoms with van der Waals surface area (Å²) in [5.74, 6) is -1.26. The zero-order chi connectivity index (χ0) is 15.1. The van der Waals surface area contributed by atoms with Crippen molar-refractivity contribution < 1.29 is 14.7 Å². The first kappa shape index (κ1) is 16.0. The molecular formula is C16H21NO3. The van der Waals surface area contributed by atoms with Crippen LogP contribution in [-0.4, -0.2) is 23.0 Å². The number of allylic oxidation sites excluding steroid dienone is 1. The van der Waals surface area contributed by atoms with Crippen molar-refractivity contribution >= 4 is 11.9 Å². The number of hydrogen-bond acceptors (Lipinski definition) is 2. The lowest BCUT2D eigenvalue weighted by Gasteiger charge is -2.14. The van der Waals surface area contributed by atoms with Gasteiger partial charge in [-0.3, -0.25) is 4.79 Å². The summed E-state index contributed by atoms with van der Waals surface area (Å²) in [6.45, 7) is 7.37. The zero-order valence-corrected chi connectivity index (χ0v) is 12.0. The molecule has 0 aliphatic carbocycles. The molecule has 0 heterocycles. The predicted molar refractivity (Wildman–Crippen MR) is 79.1 cm³/mol. The number of hydrogen-bond donors (Lipinski definition) is 2. The fourth-order valence-corrected chi connectivity index (χ4v) is 1.99. The van der Waals surface area contributed by atoms with E-state index < -0.39 is 5.97 Å². The number of carboxylic acid groups (broad SMARTS) is 1. The first-order chi connectivity index (χ1) is 9.43. The summed E-state index contributed by atoms with van der Waals surface area (Å²) < 4.78 is 0. The van der Waals surface area contributed by atoms with Gasteiger partial charge in [0.15, 0.2) is 0 Å². The molecule has 4 heteroatoms. The van der Waals surface area contributed by atoms with Gasteiger partial charge in [-0.05, 0) is 56.9 Å². The molecule has 0 spiro atoms. The molecule has 0 saturated heterocycles. The topological polar surface area (TPSA) is 66.4 Å². The second kappa shape index (κ2) is 7.48. The molecule has 0 aromatic heterocycles. The van der Waals surface area contributed by atoms with Gasteiger partial charge in [0.1, 0.15) is 0 Å². The van der Waals surface area contributed by atoms with Crippen LogP contribution in [0.3, 0.4) is 0 Å². The van der Waals surface area contributed by atoms with Gasteiger partial charge in [-0.1, -0.05) is 6.08 Å². The van der Waals surface area contributed by atoms with Gasteiger partial charge < -0.3 is 10.4 Å². The lowest BCUT2D eigenvalue weighted by atomic mass is 10.1. The molecule has 1 aromatic rings. The number of rotatable bonds is 7. The van der Waals surface area contributed by atoms with Crippen LogP contribution in [0.25, 0.3) is 0 Å². The Hall–Kier alpha value is -2.10. The Kier molecular flexibility index (Phi) is 5.97. The Morgan fingerprint density at radius 3 is 2.60 bits per heavy atom. The third kappa shape index (κ3) is 4.88. The Morgan fingerprint density at radius 2 is 2.00 bits per heavy atom. The highest BCUT2D eigenvalue weighted by Gasteiger charge is 2.13.